The van der Waals surface area contributed by atoms with E-state index < -0.39 is 5.54 Å². The van der Waals surface area contributed by atoms with Crippen molar-refractivity contribution in [1.82, 2.24) is 4.90 Å². The van der Waals surface area contributed by atoms with Gasteiger partial charge in [-0.15, -0.1) is 0 Å². The summed E-state index contributed by atoms with van der Waals surface area (Å²) in [6.07, 6.45) is 1.12. The van der Waals surface area contributed by atoms with Crippen molar-refractivity contribution in [3.63, 3.8) is 0 Å². The van der Waals surface area contributed by atoms with Gasteiger partial charge in [0.05, 0.1) is 19.2 Å². The first-order valence-electron chi connectivity index (χ1n) is 7.45. The molecule has 0 radical (unpaired) electrons. The van der Waals surface area contributed by atoms with Gasteiger partial charge in [-0.25, -0.2) is 0 Å². The molecule has 2 rings (SSSR count). The van der Waals surface area contributed by atoms with Gasteiger partial charge in [-0.05, 0) is 25.0 Å². The fraction of sp³-hybridized carbons (Fsp3) is 0.562. The number of hydrogen-bond donors (Lipinski definition) is 1. The van der Waals surface area contributed by atoms with Gasteiger partial charge in [0.25, 0.3) is 0 Å². The van der Waals surface area contributed by atoms with Gasteiger partial charge in [0, 0.05) is 20.3 Å². The third-order valence-electron chi connectivity index (χ3n) is 3.91. The molecule has 1 amide bonds. The molecule has 2 N–H and O–H groups in total. The van der Waals surface area contributed by atoms with E-state index in [4.69, 9.17) is 19.9 Å². The summed E-state index contributed by atoms with van der Waals surface area (Å²) in [6, 6.07) is 7.43. The van der Waals surface area contributed by atoms with Crippen LogP contribution < -0.4 is 15.2 Å². The monoisotopic (exact) mass is 308 g/mol. The van der Waals surface area contributed by atoms with Gasteiger partial charge in [0.2, 0.25) is 5.91 Å². The number of carbonyl (C=O) groups excluding carboxylic acids is 1. The Kier molecular flexibility index (Phi) is 5.63. The lowest BCUT2D eigenvalue weighted by molar-refractivity contribution is -0.139. The van der Waals surface area contributed by atoms with Crippen LogP contribution in [0, 0.1) is 0 Å². The van der Waals surface area contributed by atoms with Crippen LogP contribution in [0.4, 0.5) is 0 Å². The molecule has 0 aromatic heterocycles. The molecule has 0 unspecified atom stereocenters. The maximum Gasteiger partial charge on any atom is 0.242 e. The van der Waals surface area contributed by atoms with E-state index in [1.54, 1.807) is 19.1 Å². The van der Waals surface area contributed by atoms with Crippen molar-refractivity contribution in [1.29, 1.82) is 0 Å². The molecule has 0 aliphatic carbocycles. The predicted molar refractivity (Wildman–Crippen MR) is 83.1 cm³/mol. The number of hydrogen-bond acceptors (Lipinski definition) is 5. The zero-order valence-electron chi connectivity index (χ0n) is 13.2. The predicted octanol–water partition coefficient (Wildman–Crippen LogP) is 1.04. The number of methoxy groups -OCH3 is 1. The highest BCUT2D eigenvalue weighted by Crippen LogP contribution is 2.25. The van der Waals surface area contributed by atoms with E-state index in [1.165, 1.54) is 0 Å². The van der Waals surface area contributed by atoms with E-state index >= 15 is 0 Å². The minimum atomic E-state index is -0.808. The Bertz CT molecular complexity index is 501. The number of ether oxygens (including phenoxy) is 3. The number of nitrogens with two attached hydrogens (primary N) is 1. The SMILES string of the molecule is COc1ccccc1OCCN(C)C(=O)C1(N)CCOCC1. The van der Waals surface area contributed by atoms with Crippen LogP contribution in [0.5, 0.6) is 11.5 Å². The second-order valence-corrected chi connectivity index (χ2v) is 5.49. The van der Waals surface area contributed by atoms with E-state index in [-0.39, 0.29) is 5.91 Å². The molecule has 6 nitrogen and oxygen atoms in total. The molecule has 6 heteroatoms. The minimum Gasteiger partial charge on any atom is -0.493 e. The van der Waals surface area contributed by atoms with Crippen LogP contribution in [-0.2, 0) is 9.53 Å². The van der Waals surface area contributed by atoms with E-state index in [2.05, 4.69) is 0 Å². The maximum atomic E-state index is 12.5. The number of nitrogens with zero attached hydrogens (tertiary/aromatic N) is 1. The molecular formula is C16H24N2O4. The third kappa shape index (κ3) is 3.90. The van der Waals surface area contributed by atoms with Crippen molar-refractivity contribution < 1.29 is 19.0 Å². The Hall–Kier alpha value is -1.79. The van der Waals surface area contributed by atoms with Crippen LogP contribution in [0.1, 0.15) is 12.8 Å². The zero-order chi connectivity index (χ0) is 16.0. The molecule has 1 saturated heterocycles. The van der Waals surface area contributed by atoms with Gasteiger partial charge in [-0.1, -0.05) is 12.1 Å². The average Bonchev–Trinajstić information content (AvgIpc) is 2.55. The summed E-state index contributed by atoms with van der Waals surface area (Å²) < 4.78 is 16.2. The summed E-state index contributed by atoms with van der Waals surface area (Å²) in [5, 5.41) is 0. The average molecular weight is 308 g/mol. The molecule has 0 bridgehead atoms. The molecule has 1 aliphatic heterocycles. The molecule has 0 atom stereocenters. The number of para-hydroxylation sites is 2. The second kappa shape index (κ2) is 7.47. The summed E-state index contributed by atoms with van der Waals surface area (Å²) in [5.74, 6) is 1.29. The zero-order valence-corrected chi connectivity index (χ0v) is 13.2. The molecule has 1 heterocycles. The molecule has 0 spiro atoms. The number of likely N-dealkylation sites (N-methyl/N-ethyl adjacent to an activating group) is 1. The third-order valence-corrected chi connectivity index (χ3v) is 3.91. The van der Waals surface area contributed by atoms with E-state index in [0.29, 0.717) is 50.7 Å². The van der Waals surface area contributed by atoms with Crippen molar-refractivity contribution in [3.05, 3.63) is 24.3 Å². The normalized spacial score (nSPS) is 16.9. The Morgan fingerprint density at radius 2 is 1.95 bits per heavy atom. The highest BCUT2D eigenvalue weighted by Gasteiger charge is 2.37. The molecular weight excluding hydrogens is 284 g/mol. The first kappa shape index (κ1) is 16.6. The molecule has 122 valence electrons. The fourth-order valence-electron chi connectivity index (χ4n) is 2.46. The molecule has 22 heavy (non-hydrogen) atoms. The first-order valence-corrected chi connectivity index (χ1v) is 7.45. The Balaban J connectivity index is 1.84. The largest absolute Gasteiger partial charge is 0.493 e. The highest BCUT2D eigenvalue weighted by molar-refractivity contribution is 5.86. The van der Waals surface area contributed by atoms with Crippen LogP contribution in [0.2, 0.25) is 0 Å². The molecule has 1 aromatic carbocycles. The van der Waals surface area contributed by atoms with Gasteiger partial charge >= 0.3 is 0 Å². The summed E-state index contributed by atoms with van der Waals surface area (Å²) in [4.78, 5) is 14.1. The van der Waals surface area contributed by atoms with E-state index in [9.17, 15) is 4.79 Å². The van der Waals surface area contributed by atoms with Crippen LogP contribution in [0.25, 0.3) is 0 Å². The fourth-order valence-corrected chi connectivity index (χ4v) is 2.46. The Morgan fingerprint density at radius 3 is 2.59 bits per heavy atom. The lowest BCUT2D eigenvalue weighted by Gasteiger charge is -2.35. The van der Waals surface area contributed by atoms with Crippen LogP contribution in [-0.4, -0.2) is 56.9 Å². The molecule has 1 aromatic rings. The van der Waals surface area contributed by atoms with Gasteiger partial charge in [-0.2, -0.15) is 0 Å². The van der Waals surface area contributed by atoms with Crippen LogP contribution in [0.15, 0.2) is 24.3 Å². The van der Waals surface area contributed by atoms with Crippen molar-refractivity contribution in [2.75, 3.05) is 40.5 Å². The second-order valence-electron chi connectivity index (χ2n) is 5.49. The number of rotatable bonds is 6. The van der Waals surface area contributed by atoms with E-state index in [1.807, 2.05) is 24.3 Å². The Morgan fingerprint density at radius 1 is 1.32 bits per heavy atom. The summed E-state index contributed by atoms with van der Waals surface area (Å²) in [6.45, 7) is 1.92. The van der Waals surface area contributed by atoms with Gasteiger partial charge in [0.15, 0.2) is 11.5 Å². The smallest absolute Gasteiger partial charge is 0.242 e. The van der Waals surface area contributed by atoms with Crippen LogP contribution >= 0.6 is 0 Å². The quantitative estimate of drug-likeness (QED) is 0.850. The number of carbonyl (C=O) groups is 1. The minimum absolute atomic E-state index is 0.0561. The first-order chi connectivity index (χ1) is 10.6. The standard InChI is InChI=1S/C16H24N2O4/c1-18(15(19)16(17)7-10-21-11-8-16)9-12-22-14-6-4-3-5-13(14)20-2/h3-6H,7-12,17H2,1-2H3. The topological polar surface area (TPSA) is 74.0 Å². The van der Waals surface area contributed by atoms with Crippen molar-refractivity contribution in [3.8, 4) is 11.5 Å². The van der Waals surface area contributed by atoms with Gasteiger partial charge < -0.3 is 24.8 Å². The molecule has 1 aliphatic rings. The lowest BCUT2D eigenvalue weighted by Crippen LogP contribution is -2.57. The maximum absolute atomic E-state index is 12.5. The van der Waals surface area contributed by atoms with Crippen molar-refractivity contribution in [2.45, 2.75) is 18.4 Å². The summed E-state index contributed by atoms with van der Waals surface area (Å²) in [7, 11) is 3.35. The van der Waals surface area contributed by atoms with Gasteiger partial charge in [-0.3, -0.25) is 4.79 Å². The van der Waals surface area contributed by atoms with Crippen molar-refractivity contribution in [2.24, 2.45) is 5.73 Å². The summed E-state index contributed by atoms with van der Waals surface area (Å²) >= 11 is 0. The summed E-state index contributed by atoms with van der Waals surface area (Å²) in [5.41, 5.74) is 5.39. The molecule has 1 fully saturated rings. The highest BCUT2D eigenvalue weighted by atomic mass is 16.5. The van der Waals surface area contributed by atoms with Crippen molar-refractivity contribution >= 4 is 5.91 Å². The van der Waals surface area contributed by atoms with E-state index in [0.717, 1.165) is 0 Å². The lowest BCUT2D eigenvalue weighted by atomic mass is 9.90. The number of benzene rings is 1. The molecule has 0 saturated carbocycles. The number of amides is 1. The van der Waals surface area contributed by atoms with Crippen LogP contribution in [0.3, 0.4) is 0 Å². The Labute approximate surface area is 131 Å². The van der Waals surface area contributed by atoms with Gasteiger partial charge in [0.1, 0.15) is 6.61 Å².